The summed E-state index contributed by atoms with van der Waals surface area (Å²) in [5.74, 6) is -0.582. The van der Waals surface area contributed by atoms with Gasteiger partial charge in [-0.1, -0.05) is 18.2 Å². The van der Waals surface area contributed by atoms with Crippen LogP contribution in [0.15, 0.2) is 54.7 Å². The normalized spacial score (nSPS) is 10.4. The summed E-state index contributed by atoms with van der Waals surface area (Å²) in [6, 6.07) is 13.7. The minimum Gasteiger partial charge on any atom is -0.465 e. The molecule has 0 aliphatic carbocycles. The van der Waals surface area contributed by atoms with Crippen LogP contribution in [-0.2, 0) is 4.74 Å². The molecule has 0 amide bonds. The quantitative estimate of drug-likeness (QED) is 0.753. The van der Waals surface area contributed by atoms with E-state index in [1.807, 2.05) is 24.3 Å². The second kappa shape index (κ2) is 5.73. The Labute approximate surface area is 126 Å². The summed E-state index contributed by atoms with van der Waals surface area (Å²) in [7, 11) is 1.29. The molecule has 3 aromatic rings. The van der Waals surface area contributed by atoms with Crippen LogP contribution in [0.25, 0.3) is 10.9 Å². The van der Waals surface area contributed by atoms with E-state index >= 15 is 0 Å². The Kier molecular flexibility index (Phi) is 3.62. The number of benzene rings is 2. The van der Waals surface area contributed by atoms with E-state index in [1.165, 1.54) is 13.2 Å². The number of rotatable bonds is 3. The van der Waals surface area contributed by atoms with E-state index in [2.05, 4.69) is 9.72 Å². The van der Waals surface area contributed by atoms with Crippen LogP contribution < -0.4 is 4.74 Å². The molecule has 0 aliphatic heterocycles. The molecule has 2 aromatic carbocycles. The van der Waals surface area contributed by atoms with Crippen LogP contribution in [0.5, 0.6) is 5.75 Å². The number of nitrogens with one attached hydrogen (secondary N) is 1. The summed E-state index contributed by atoms with van der Waals surface area (Å²) in [4.78, 5) is 26.8. The van der Waals surface area contributed by atoms with Crippen molar-refractivity contribution in [2.45, 2.75) is 0 Å². The van der Waals surface area contributed by atoms with Gasteiger partial charge in [0.1, 0.15) is 0 Å². The third kappa shape index (κ3) is 2.56. The second-order valence-corrected chi connectivity index (χ2v) is 4.66. The number of methoxy groups -OCH3 is 1. The molecule has 1 N–H and O–H groups in total. The van der Waals surface area contributed by atoms with E-state index < -0.39 is 11.9 Å². The fraction of sp³-hybridized carbons (Fsp3) is 0.0588. The van der Waals surface area contributed by atoms with Gasteiger partial charge in [-0.2, -0.15) is 0 Å². The minimum atomic E-state index is -0.532. The lowest BCUT2D eigenvalue weighted by molar-refractivity contribution is 0.0600. The highest BCUT2D eigenvalue weighted by atomic mass is 16.5. The van der Waals surface area contributed by atoms with Crippen LogP contribution in [0.1, 0.15) is 20.7 Å². The van der Waals surface area contributed by atoms with E-state index in [1.54, 1.807) is 24.4 Å². The van der Waals surface area contributed by atoms with Crippen molar-refractivity contribution in [1.29, 1.82) is 0 Å². The van der Waals surface area contributed by atoms with Gasteiger partial charge < -0.3 is 14.5 Å². The fourth-order valence-electron chi connectivity index (χ4n) is 2.18. The predicted octanol–water partition coefficient (Wildman–Crippen LogP) is 3.17. The summed E-state index contributed by atoms with van der Waals surface area (Å²) in [5, 5.41) is 0.819. The highest BCUT2D eigenvalue weighted by Gasteiger charge is 2.14. The first kappa shape index (κ1) is 13.9. The summed E-state index contributed by atoms with van der Waals surface area (Å²) in [6.45, 7) is 0. The van der Waals surface area contributed by atoms with Gasteiger partial charge >= 0.3 is 11.9 Å². The lowest BCUT2D eigenvalue weighted by Crippen LogP contribution is -2.10. The number of esters is 2. The molecule has 0 atom stereocenters. The van der Waals surface area contributed by atoms with Crippen molar-refractivity contribution in [1.82, 2.24) is 4.98 Å². The van der Waals surface area contributed by atoms with Crippen LogP contribution >= 0.6 is 0 Å². The number of hydrogen-bond donors (Lipinski definition) is 1. The zero-order chi connectivity index (χ0) is 15.5. The number of hydrogen-bond acceptors (Lipinski definition) is 4. The molecule has 0 saturated carbocycles. The fourth-order valence-corrected chi connectivity index (χ4v) is 2.18. The number of carbonyl (C=O) groups excluding carboxylic acids is 2. The molecule has 3 rings (SSSR count). The van der Waals surface area contributed by atoms with Gasteiger partial charge in [-0.15, -0.1) is 0 Å². The second-order valence-electron chi connectivity index (χ2n) is 4.66. The molecule has 1 aromatic heterocycles. The maximum Gasteiger partial charge on any atom is 0.343 e. The summed E-state index contributed by atoms with van der Waals surface area (Å²) in [5.41, 5.74) is 1.47. The van der Waals surface area contributed by atoms with Crippen molar-refractivity contribution >= 4 is 22.8 Å². The van der Waals surface area contributed by atoms with Crippen LogP contribution in [0.4, 0.5) is 0 Å². The molecule has 0 fully saturated rings. The number of aromatic nitrogens is 1. The molecule has 0 spiro atoms. The number of carbonyl (C=O) groups is 2. The molecule has 0 bridgehead atoms. The Morgan fingerprint density at radius 2 is 1.68 bits per heavy atom. The molecule has 110 valence electrons. The Morgan fingerprint density at radius 3 is 2.45 bits per heavy atom. The standard InChI is InChI=1S/C17H13NO4/c1-21-16(19)11-5-4-6-12(9-11)17(20)22-15-10-18-14-8-3-2-7-13(14)15/h2-10,18H,1H3. The smallest absolute Gasteiger partial charge is 0.343 e. The van der Waals surface area contributed by atoms with Crippen molar-refractivity contribution in [3.63, 3.8) is 0 Å². The molecular formula is C17H13NO4. The zero-order valence-electron chi connectivity index (χ0n) is 11.8. The monoisotopic (exact) mass is 295 g/mol. The number of para-hydroxylation sites is 1. The predicted molar refractivity (Wildman–Crippen MR) is 81.0 cm³/mol. The van der Waals surface area contributed by atoms with Gasteiger partial charge in [-0.3, -0.25) is 0 Å². The molecule has 5 nitrogen and oxygen atoms in total. The minimum absolute atomic E-state index is 0.285. The molecule has 1 heterocycles. The number of fused-ring (bicyclic) bond motifs is 1. The van der Waals surface area contributed by atoms with Gasteiger partial charge in [-0.05, 0) is 30.3 Å². The molecule has 0 aliphatic rings. The maximum atomic E-state index is 12.2. The van der Waals surface area contributed by atoms with E-state index in [9.17, 15) is 9.59 Å². The van der Waals surface area contributed by atoms with Crippen LogP contribution in [-0.4, -0.2) is 24.0 Å². The van der Waals surface area contributed by atoms with Crippen LogP contribution in [0, 0.1) is 0 Å². The highest BCUT2D eigenvalue weighted by molar-refractivity contribution is 5.97. The third-order valence-corrected chi connectivity index (χ3v) is 3.27. The van der Waals surface area contributed by atoms with Gasteiger partial charge in [-0.25, -0.2) is 9.59 Å². The average molecular weight is 295 g/mol. The van der Waals surface area contributed by atoms with E-state index in [0.29, 0.717) is 11.3 Å². The van der Waals surface area contributed by atoms with Gasteiger partial charge in [0.15, 0.2) is 5.75 Å². The molecule has 5 heteroatoms. The van der Waals surface area contributed by atoms with Gasteiger partial charge in [0.05, 0.1) is 18.2 Å². The number of aromatic amines is 1. The van der Waals surface area contributed by atoms with Gasteiger partial charge in [0.2, 0.25) is 0 Å². The summed E-state index contributed by atoms with van der Waals surface area (Å²) >= 11 is 0. The number of ether oxygens (including phenoxy) is 2. The Morgan fingerprint density at radius 1 is 0.955 bits per heavy atom. The molecular weight excluding hydrogens is 282 g/mol. The van der Waals surface area contributed by atoms with Crippen molar-refractivity contribution in [2.24, 2.45) is 0 Å². The Balaban J connectivity index is 1.87. The zero-order valence-corrected chi connectivity index (χ0v) is 11.8. The Bertz CT molecular complexity index is 850. The van der Waals surface area contributed by atoms with Crippen molar-refractivity contribution < 1.29 is 19.1 Å². The lowest BCUT2D eigenvalue weighted by Gasteiger charge is -2.04. The van der Waals surface area contributed by atoms with Gasteiger partial charge in [0.25, 0.3) is 0 Å². The first-order valence-corrected chi connectivity index (χ1v) is 6.65. The topological polar surface area (TPSA) is 68.4 Å². The van der Waals surface area contributed by atoms with Crippen molar-refractivity contribution in [2.75, 3.05) is 7.11 Å². The van der Waals surface area contributed by atoms with Crippen LogP contribution in [0.2, 0.25) is 0 Å². The largest absolute Gasteiger partial charge is 0.465 e. The SMILES string of the molecule is COC(=O)c1cccc(C(=O)Oc2c[nH]c3ccccc23)c1. The summed E-state index contributed by atoms with van der Waals surface area (Å²) < 4.78 is 10.0. The van der Waals surface area contributed by atoms with E-state index in [-0.39, 0.29) is 5.56 Å². The first-order valence-electron chi connectivity index (χ1n) is 6.65. The van der Waals surface area contributed by atoms with Crippen molar-refractivity contribution in [3.8, 4) is 5.75 Å². The molecule has 0 unspecified atom stereocenters. The number of H-pyrrole nitrogens is 1. The third-order valence-electron chi connectivity index (χ3n) is 3.27. The van der Waals surface area contributed by atoms with E-state index in [0.717, 1.165) is 10.9 Å². The highest BCUT2D eigenvalue weighted by Crippen LogP contribution is 2.25. The lowest BCUT2D eigenvalue weighted by atomic mass is 10.1. The average Bonchev–Trinajstić information content (AvgIpc) is 2.97. The van der Waals surface area contributed by atoms with Crippen LogP contribution in [0.3, 0.4) is 0 Å². The first-order chi connectivity index (χ1) is 10.7. The Hall–Kier alpha value is -3.08. The molecule has 0 radical (unpaired) electrons. The van der Waals surface area contributed by atoms with Gasteiger partial charge in [0, 0.05) is 17.1 Å². The molecule has 22 heavy (non-hydrogen) atoms. The maximum absolute atomic E-state index is 12.2. The molecule has 0 saturated heterocycles. The van der Waals surface area contributed by atoms with E-state index in [4.69, 9.17) is 4.74 Å². The summed E-state index contributed by atoms with van der Waals surface area (Å²) in [6.07, 6.45) is 1.63. The van der Waals surface area contributed by atoms with Crippen molar-refractivity contribution in [3.05, 3.63) is 65.9 Å².